The van der Waals surface area contributed by atoms with Gasteiger partial charge in [-0.05, 0) is 55.5 Å². The second-order valence-corrected chi connectivity index (χ2v) is 12.6. The van der Waals surface area contributed by atoms with Crippen LogP contribution >= 0.6 is 62.2 Å². The Morgan fingerprint density at radius 1 is 1.10 bits per heavy atom. The fourth-order valence-corrected chi connectivity index (χ4v) is 2.44. The molecule has 0 aliphatic carbocycles. The van der Waals surface area contributed by atoms with Gasteiger partial charge in [0.25, 0.3) is 5.91 Å². The van der Waals surface area contributed by atoms with Gasteiger partial charge in [-0.2, -0.15) is 0 Å². The first-order chi connectivity index (χ1) is 14.2. The molecule has 0 bridgehead atoms. The molecule has 0 aliphatic heterocycles. The predicted octanol–water partition coefficient (Wildman–Crippen LogP) is 7.29. The van der Waals surface area contributed by atoms with Gasteiger partial charge in [0.1, 0.15) is 5.76 Å². The molecule has 0 spiro atoms. The maximum atomic E-state index is 11.3. The molecule has 3 rings (SSSR count). The van der Waals surface area contributed by atoms with E-state index in [0.29, 0.717) is 11.5 Å². The number of oxazole rings is 1. The zero-order valence-electron chi connectivity index (χ0n) is 15.5. The Balaban J connectivity index is 0.000000256. The van der Waals surface area contributed by atoms with Crippen molar-refractivity contribution in [2.24, 2.45) is 0 Å². The Hall–Kier alpha value is -0.971. The Morgan fingerprint density at radius 3 is 2.03 bits per heavy atom. The van der Waals surface area contributed by atoms with Crippen LogP contribution in [0.15, 0.2) is 68.1 Å². The van der Waals surface area contributed by atoms with Crippen molar-refractivity contribution < 1.29 is 20.4 Å². The minimum absolute atomic E-state index is 0.148. The summed E-state index contributed by atoms with van der Waals surface area (Å²) in [6, 6.07) is 15.0. The van der Waals surface area contributed by atoms with Crippen LogP contribution in [-0.4, -0.2) is 17.4 Å². The summed E-state index contributed by atoms with van der Waals surface area (Å²) in [4.78, 5) is 15.4. The molecule has 30 heavy (non-hydrogen) atoms. The summed E-state index contributed by atoms with van der Waals surface area (Å²) in [5, 5.41) is 2.58. The second-order valence-electron chi connectivity index (χ2n) is 5.33. The third kappa shape index (κ3) is 11.4. The topological polar surface area (TPSA) is 55.1 Å². The molecule has 0 fully saturated rings. The maximum absolute atomic E-state index is 11.3. The first-order valence-corrected chi connectivity index (χ1v) is 14.2. The van der Waals surface area contributed by atoms with Crippen LogP contribution in [0.1, 0.15) is 16.1 Å². The van der Waals surface area contributed by atoms with Gasteiger partial charge in [-0.3, -0.25) is 4.79 Å². The van der Waals surface area contributed by atoms with Gasteiger partial charge in [0, 0.05) is 20.1 Å². The van der Waals surface area contributed by atoms with Crippen molar-refractivity contribution in [1.82, 2.24) is 10.3 Å². The van der Waals surface area contributed by atoms with Crippen LogP contribution < -0.4 is 5.32 Å². The molecule has 2 aromatic carbocycles. The predicted molar refractivity (Wildman–Crippen MR) is 127 cm³/mol. The van der Waals surface area contributed by atoms with E-state index in [0.717, 1.165) is 20.3 Å². The molecule has 1 heterocycles. The molecule has 161 valence electrons. The van der Waals surface area contributed by atoms with E-state index in [9.17, 15) is 4.79 Å². The Labute approximate surface area is 209 Å². The average Bonchev–Trinajstić information content (AvgIpc) is 3.13. The zero-order chi connectivity index (χ0) is 22.5. The summed E-state index contributed by atoms with van der Waals surface area (Å²) in [5.41, 5.74) is 1.61. The molecule has 0 saturated heterocycles. The number of carbonyl (C=O) groups excluding carboxylic acids is 1. The summed E-state index contributed by atoms with van der Waals surface area (Å²) in [6.07, 6.45) is 6.73. The number of hydrogen-bond donors (Lipinski definition) is 1. The fraction of sp³-hybridized carbons (Fsp3) is 0.100. The van der Waals surface area contributed by atoms with Crippen molar-refractivity contribution in [3.05, 3.63) is 75.0 Å². The first kappa shape index (κ1) is 27.1. The monoisotopic (exact) mass is 635 g/mol. The molecular formula is C20H16Br2Cl3FeN2O2. The standard InChI is InChI=1S/2C10H8BrNO.3ClH.Fe/c1-7-6-12-10(13-7)8-2-4-9(11)5-3-8;1-2-7-12-10(13)8-3-5-9(11)6-4-8;;;;/h2-6H,1H3;1,3-6H,7H2,(H,12,13);3*1H;/q;;;;;+3/p-3. The van der Waals surface area contributed by atoms with Crippen molar-refractivity contribution in [3.8, 4) is 23.8 Å². The Morgan fingerprint density at radius 2 is 1.60 bits per heavy atom. The molecule has 4 nitrogen and oxygen atoms in total. The third-order valence-corrected chi connectivity index (χ3v) is 4.23. The van der Waals surface area contributed by atoms with Gasteiger partial charge in [0.2, 0.25) is 5.89 Å². The molecule has 0 aliphatic rings. The number of halogens is 5. The number of rotatable bonds is 3. The molecule has 1 aromatic heterocycles. The normalized spacial score (nSPS) is 9.83. The SMILES string of the molecule is C#CCNC(=O)c1ccc(Br)cc1.Cc1cnc(-c2ccc(Br)cc2)o1.[Cl][Fe]([Cl])[Cl]. The van der Waals surface area contributed by atoms with Crippen molar-refractivity contribution in [2.75, 3.05) is 6.54 Å². The molecule has 0 atom stereocenters. The number of hydrogen-bond acceptors (Lipinski definition) is 3. The molecule has 0 unspecified atom stereocenters. The summed E-state index contributed by atoms with van der Waals surface area (Å²) in [7, 11) is 14.7. The Kier molecular flexibility index (Phi) is 13.5. The van der Waals surface area contributed by atoms with Crippen molar-refractivity contribution >= 4 is 68.1 Å². The van der Waals surface area contributed by atoms with Gasteiger partial charge in [-0.25, -0.2) is 4.98 Å². The van der Waals surface area contributed by atoms with Crippen LogP contribution in [0.3, 0.4) is 0 Å². The molecule has 10 heteroatoms. The van der Waals surface area contributed by atoms with Crippen LogP contribution in [-0.2, 0) is 11.2 Å². The van der Waals surface area contributed by atoms with Crippen LogP contribution in [0.5, 0.6) is 0 Å². The molecule has 1 amide bonds. The van der Waals surface area contributed by atoms with Gasteiger partial charge >= 0.3 is 41.5 Å². The van der Waals surface area contributed by atoms with Gasteiger partial charge in [0.05, 0.1) is 12.7 Å². The van der Waals surface area contributed by atoms with E-state index in [1.165, 1.54) is 0 Å². The summed E-state index contributed by atoms with van der Waals surface area (Å²) < 4.78 is 7.38. The number of nitrogens with zero attached hydrogens (tertiary/aromatic N) is 1. The van der Waals surface area contributed by atoms with Crippen LogP contribution in [0, 0.1) is 19.3 Å². The van der Waals surface area contributed by atoms with Crippen LogP contribution in [0.4, 0.5) is 0 Å². The zero-order valence-corrected chi connectivity index (χ0v) is 22.0. The second kappa shape index (κ2) is 14.9. The summed E-state index contributed by atoms with van der Waals surface area (Å²) in [5.74, 6) is 3.69. The average molecular weight is 638 g/mol. The van der Waals surface area contributed by atoms with Gasteiger partial charge in [-0.15, -0.1) is 6.42 Å². The fourth-order valence-electron chi connectivity index (χ4n) is 1.92. The van der Waals surface area contributed by atoms with E-state index in [-0.39, 0.29) is 12.5 Å². The third-order valence-electron chi connectivity index (χ3n) is 3.17. The Bertz CT molecular complexity index is 957. The van der Waals surface area contributed by atoms with Gasteiger partial charge < -0.3 is 9.73 Å². The summed E-state index contributed by atoms with van der Waals surface area (Å²) in [6.45, 7) is 2.14. The van der Waals surface area contributed by atoms with E-state index in [4.69, 9.17) is 41.1 Å². The van der Waals surface area contributed by atoms with Crippen molar-refractivity contribution in [2.45, 2.75) is 6.92 Å². The van der Waals surface area contributed by atoms with E-state index < -0.39 is 11.2 Å². The molecular weight excluding hydrogens is 622 g/mol. The van der Waals surface area contributed by atoms with Crippen molar-refractivity contribution in [1.29, 1.82) is 0 Å². The number of amides is 1. The number of carbonyl (C=O) groups is 1. The van der Waals surface area contributed by atoms with Crippen LogP contribution in [0.25, 0.3) is 11.5 Å². The minimum atomic E-state index is -1.33. The van der Waals surface area contributed by atoms with E-state index in [1.54, 1.807) is 18.3 Å². The van der Waals surface area contributed by atoms with Gasteiger partial charge in [0.15, 0.2) is 0 Å². The van der Waals surface area contributed by atoms with Gasteiger partial charge in [-0.1, -0.05) is 37.8 Å². The number of aromatic nitrogens is 1. The van der Waals surface area contributed by atoms with Crippen molar-refractivity contribution in [3.63, 3.8) is 0 Å². The number of benzene rings is 2. The number of nitrogens with one attached hydrogen (secondary N) is 1. The molecule has 0 radical (unpaired) electrons. The number of aryl methyl sites for hydroxylation is 1. The molecule has 1 N–H and O–H groups in total. The molecule has 0 saturated carbocycles. The molecule has 3 aromatic rings. The van der Waals surface area contributed by atoms with E-state index in [1.807, 2.05) is 43.3 Å². The van der Waals surface area contributed by atoms with E-state index in [2.05, 4.69) is 48.1 Å². The van der Waals surface area contributed by atoms with E-state index >= 15 is 0 Å². The summed E-state index contributed by atoms with van der Waals surface area (Å²) >= 11 is 5.32. The number of terminal acetylenes is 1. The quantitative estimate of drug-likeness (QED) is 0.242. The van der Waals surface area contributed by atoms with Crippen LogP contribution in [0.2, 0.25) is 0 Å². The first-order valence-electron chi connectivity index (χ1n) is 8.05.